The molecule has 1 aromatic carbocycles. The Kier molecular flexibility index (Phi) is 4.61. The lowest BCUT2D eigenvalue weighted by Gasteiger charge is -2.11. The molecular weight excluding hydrogens is 344 g/mol. The van der Waals surface area contributed by atoms with Crippen LogP contribution < -0.4 is 10.6 Å². The zero-order valence-corrected chi connectivity index (χ0v) is 14.5. The van der Waals surface area contributed by atoms with Gasteiger partial charge in [-0.3, -0.25) is 19.3 Å². The fourth-order valence-electron chi connectivity index (χ4n) is 3.13. The lowest BCUT2D eigenvalue weighted by molar-refractivity contribution is 0.0929. The number of aromatic nitrogens is 4. The normalized spacial score (nSPS) is 15.2. The molecular formula is C19H18N6O2. The van der Waals surface area contributed by atoms with Crippen LogP contribution in [0.15, 0.2) is 55.1 Å². The van der Waals surface area contributed by atoms with Crippen molar-refractivity contribution in [3.63, 3.8) is 0 Å². The van der Waals surface area contributed by atoms with Crippen molar-refractivity contribution < 1.29 is 9.59 Å². The number of nitrogens with zero attached hydrogens (tertiary/aromatic N) is 4. The van der Waals surface area contributed by atoms with E-state index in [0.717, 1.165) is 11.3 Å². The molecule has 0 fully saturated rings. The number of carbonyl (C=O) groups is 2. The van der Waals surface area contributed by atoms with Gasteiger partial charge in [0.2, 0.25) is 0 Å². The van der Waals surface area contributed by atoms with Gasteiger partial charge in [-0.1, -0.05) is 30.3 Å². The van der Waals surface area contributed by atoms with Crippen molar-refractivity contribution in [3.8, 4) is 0 Å². The first-order chi connectivity index (χ1) is 13.2. The second kappa shape index (κ2) is 7.36. The van der Waals surface area contributed by atoms with Gasteiger partial charge in [-0.2, -0.15) is 5.10 Å². The first kappa shape index (κ1) is 16.9. The van der Waals surface area contributed by atoms with Crippen LogP contribution in [-0.4, -0.2) is 37.6 Å². The molecule has 1 unspecified atom stereocenters. The molecule has 3 heterocycles. The van der Waals surface area contributed by atoms with Crippen molar-refractivity contribution in [1.82, 2.24) is 30.4 Å². The standard InChI is InChI=1S/C19H18N6O2/c26-18(22-9-13-4-2-1-3-5-13)15-10-23-25-12-14(8-17(15)25)24-19(27)16-11-20-6-7-21-16/h1-7,10-11,14H,8-9,12H2,(H,22,26)(H,24,27). The van der Waals surface area contributed by atoms with Crippen molar-refractivity contribution in [3.05, 3.63) is 77.6 Å². The van der Waals surface area contributed by atoms with E-state index in [-0.39, 0.29) is 23.6 Å². The summed E-state index contributed by atoms with van der Waals surface area (Å²) in [7, 11) is 0. The minimum Gasteiger partial charge on any atom is -0.348 e. The van der Waals surface area contributed by atoms with E-state index in [1.165, 1.54) is 18.6 Å². The molecule has 0 bridgehead atoms. The van der Waals surface area contributed by atoms with Crippen LogP contribution in [0.4, 0.5) is 0 Å². The Hall–Kier alpha value is -3.55. The molecule has 0 saturated carbocycles. The first-order valence-electron chi connectivity index (χ1n) is 8.64. The molecule has 8 nitrogen and oxygen atoms in total. The highest BCUT2D eigenvalue weighted by molar-refractivity contribution is 5.95. The van der Waals surface area contributed by atoms with Gasteiger partial charge in [-0.15, -0.1) is 0 Å². The summed E-state index contributed by atoms with van der Waals surface area (Å²) < 4.78 is 1.76. The van der Waals surface area contributed by atoms with Gasteiger partial charge in [-0.05, 0) is 5.56 Å². The Morgan fingerprint density at radius 3 is 2.74 bits per heavy atom. The number of nitrogens with one attached hydrogen (secondary N) is 2. The third kappa shape index (κ3) is 3.69. The summed E-state index contributed by atoms with van der Waals surface area (Å²) >= 11 is 0. The van der Waals surface area contributed by atoms with E-state index in [1.54, 1.807) is 10.9 Å². The predicted octanol–water partition coefficient (Wildman–Crippen LogP) is 0.958. The maximum atomic E-state index is 12.5. The predicted molar refractivity (Wildman–Crippen MR) is 96.8 cm³/mol. The van der Waals surface area contributed by atoms with Crippen molar-refractivity contribution in [2.24, 2.45) is 0 Å². The fraction of sp³-hybridized carbons (Fsp3) is 0.211. The van der Waals surface area contributed by atoms with Crippen molar-refractivity contribution in [1.29, 1.82) is 0 Å². The molecule has 2 aromatic heterocycles. The van der Waals surface area contributed by atoms with E-state index in [0.29, 0.717) is 25.1 Å². The van der Waals surface area contributed by atoms with Crippen LogP contribution in [0.1, 0.15) is 32.1 Å². The SMILES string of the molecule is O=C(NC1Cc2c(C(=O)NCc3ccccc3)cnn2C1)c1cnccn1. The summed E-state index contributed by atoms with van der Waals surface area (Å²) in [6, 6.07) is 9.59. The van der Waals surface area contributed by atoms with Crippen LogP contribution in [0.25, 0.3) is 0 Å². The number of amides is 2. The van der Waals surface area contributed by atoms with E-state index < -0.39 is 0 Å². The minimum atomic E-state index is -0.283. The second-order valence-corrected chi connectivity index (χ2v) is 6.32. The van der Waals surface area contributed by atoms with Crippen LogP contribution in [0.2, 0.25) is 0 Å². The number of hydrogen-bond donors (Lipinski definition) is 2. The molecule has 0 aliphatic carbocycles. The molecule has 8 heteroatoms. The summed E-state index contributed by atoms with van der Waals surface area (Å²) in [5, 5.41) is 10.1. The van der Waals surface area contributed by atoms with Crippen LogP contribution in [0.3, 0.4) is 0 Å². The van der Waals surface area contributed by atoms with Gasteiger partial charge in [0.15, 0.2) is 0 Å². The smallest absolute Gasteiger partial charge is 0.271 e. The van der Waals surface area contributed by atoms with Crippen molar-refractivity contribution >= 4 is 11.8 Å². The number of fused-ring (bicyclic) bond motifs is 1. The van der Waals surface area contributed by atoms with Crippen molar-refractivity contribution in [2.75, 3.05) is 0 Å². The van der Waals surface area contributed by atoms with E-state index >= 15 is 0 Å². The van der Waals surface area contributed by atoms with Gasteiger partial charge in [0, 0.05) is 25.4 Å². The molecule has 1 aliphatic heterocycles. The Morgan fingerprint density at radius 1 is 1.11 bits per heavy atom. The number of benzene rings is 1. The molecule has 27 heavy (non-hydrogen) atoms. The maximum Gasteiger partial charge on any atom is 0.271 e. The number of rotatable bonds is 5. The first-order valence-corrected chi connectivity index (χ1v) is 8.64. The van der Waals surface area contributed by atoms with Gasteiger partial charge in [0.05, 0.1) is 36.2 Å². The zero-order chi connectivity index (χ0) is 18.6. The molecule has 0 spiro atoms. The Bertz CT molecular complexity index is 955. The van der Waals surface area contributed by atoms with E-state index in [9.17, 15) is 9.59 Å². The van der Waals surface area contributed by atoms with Gasteiger partial charge in [-0.25, -0.2) is 4.98 Å². The molecule has 3 aromatic rings. The average molecular weight is 362 g/mol. The minimum absolute atomic E-state index is 0.135. The Labute approximate surface area is 155 Å². The zero-order valence-electron chi connectivity index (χ0n) is 14.5. The van der Waals surface area contributed by atoms with Crippen LogP contribution in [0.5, 0.6) is 0 Å². The van der Waals surface area contributed by atoms with Crippen molar-refractivity contribution in [2.45, 2.75) is 25.6 Å². The molecule has 0 saturated heterocycles. The van der Waals surface area contributed by atoms with Gasteiger partial charge < -0.3 is 10.6 Å². The molecule has 0 radical (unpaired) electrons. The molecule has 1 atom stereocenters. The lowest BCUT2D eigenvalue weighted by atomic mass is 10.1. The van der Waals surface area contributed by atoms with Gasteiger partial charge in [0.1, 0.15) is 5.69 Å². The average Bonchev–Trinajstić information content (AvgIpc) is 3.27. The molecule has 2 amide bonds. The van der Waals surface area contributed by atoms with E-state index in [4.69, 9.17) is 0 Å². The summed E-state index contributed by atoms with van der Waals surface area (Å²) in [5.74, 6) is -0.449. The van der Waals surface area contributed by atoms with Gasteiger partial charge >= 0.3 is 0 Å². The summed E-state index contributed by atoms with van der Waals surface area (Å²) in [6.45, 7) is 0.977. The Morgan fingerprint density at radius 2 is 1.96 bits per heavy atom. The number of hydrogen-bond acceptors (Lipinski definition) is 5. The molecule has 1 aliphatic rings. The molecule has 4 rings (SSSR count). The summed E-state index contributed by atoms with van der Waals surface area (Å²) in [5.41, 5.74) is 2.67. The summed E-state index contributed by atoms with van der Waals surface area (Å²) in [6.07, 6.45) is 6.54. The highest BCUT2D eigenvalue weighted by atomic mass is 16.2. The largest absolute Gasteiger partial charge is 0.348 e. The van der Waals surface area contributed by atoms with Crippen LogP contribution >= 0.6 is 0 Å². The quantitative estimate of drug-likeness (QED) is 0.704. The van der Waals surface area contributed by atoms with Crippen LogP contribution in [0, 0.1) is 0 Å². The molecule has 136 valence electrons. The third-order valence-electron chi connectivity index (χ3n) is 4.45. The van der Waals surface area contributed by atoms with E-state index in [2.05, 4.69) is 25.7 Å². The maximum absolute atomic E-state index is 12.5. The Balaban J connectivity index is 1.38. The fourth-order valence-corrected chi connectivity index (χ4v) is 3.13. The number of carbonyl (C=O) groups excluding carboxylic acids is 2. The summed E-state index contributed by atoms with van der Waals surface area (Å²) in [4.78, 5) is 32.6. The van der Waals surface area contributed by atoms with Crippen LogP contribution in [-0.2, 0) is 19.5 Å². The van der Waals surface area contributed by atoms with E-state index in [1.807, 2.05) is 30.3 Å². The highest BCUT2D eigenvalue weighted by Crippen LogP contribution is 2.19. The molecule has 2 N–H and O–H groups in total. The topological polar surface area (TPSA) is 102 Å². The second-order valence-electron chi connectivity index (χ2n) is 6.32. The highest BCUT2D eigenvalue weighted by Gasteiger charge is 2.29. The lowest BCUT2D eigenvalue weighted by Crippen LogP contribution is -2.36. The monoisotopic (exact) mass is 362 g/mol. The van der Waals surface area contributed by atoms with Gasteiger partial charge in [0.25, 0.3) is 11.8 Å². The third-order valence-corrected chi connectivity index (χ3v) is 4.45.